The molecule has 38 heavy (non-hydrogen) atoms. The van der Waals surface area contributed by atoms with Crippen molar-refractivity contribution in [3.63, 3.8) is 0 Å². The third-order valence-corrected chi connectivity index (χ3v) is 6.79. The summed E-state index contributed by atoms with van der Waals surface area (Å²) < 4.78 is 9.39. The molecule has 9 nitrogen and oxygen atoms in total. The first-order chi connectivity index (χ1) is 18.4. The lowest BCUT2D eigenvalue weighted by Gasteiger charge is -2.25. The highest BCUT2D eigenvalue weighted by Crippen LogP contribution is 2.40. The van der Waals surface area contributed by atoms with Crippen molar-refractivity contribution in [2.75, 3.05) is 13.2 Å². The average molecular weight is 512 g/mol. The topological polar surface area (TPSA) is 102 Å². The van der Waals surface area contributed by atoms with E-state index in [0.717, 1.165) is 5.56 Å². The summed E-state index contributed by atoms with van der Waals surface area (Å²) in [5.74, 6) is -1.02. The van der Waals surface area contributed by atoms with Gasteiger partial charge in [-0.25, -0.2) is 9.97 Å². The van der Waals surface area contributed by atoms with Crippen LogP contribution in [0.25, 0.3) is 11.4 Å². The molecule has 0 aliphatic carbocycles. The molecule has 194 valence electrons. The highest BCUT2D eigenvalue weighted by molar-refractivity contribution is 6.46. The van der Waals surface area contributed by atoms with Crippen LogP contribution in [0.15, 0.2) is 79.5 Å². The van der Waals surface area contributed by atoms with E-state index in [0.29, 0.717) is 48.8 Å². The number of aromatic nitrogens is 4. The lowest BCUT2D eigenvalue weighted by Crippen LogP contribution is -2.31. The van der Waals surface area contributed by atoms with Crippen molar-refractivity contribution < 1.29 is 19.4 Å². The smallest absolute Gasteiger partial charge is 0.295 e. The van der Waals surface area contributed by atoms with Gasteiger partial charge in [-0.15, -0.1) is 0 Å². The average Bonchev–Trinajstić information content (AvgIpc) is 3.62. The molecular formula is C29H29N5O4. The SMILES string of the molecule is C=CCOc1ccc(C2C(=C(O)c3nc4c(C)cccn4c3C)C(=O)C(=O)N2CCCn2ccnc2)cc1. The largest absolute Gasteiger partial charge is 0.505 e. The third kappa shape index (κ3) is 4.47. The Bertz CT molecular complexity index is 1530. The molecule has 1 unspecified atom stereocenters. The van der Waals surface area contributed by atoms with Crippen LogP contribution in [0.1, 0.15) is 35.0 Å². The fourth-order valence-corrected chi connectivity index (χ4v) is 4.88. The number of rotatable bonds is 9. The quantitative estimate of drug-likeness (QED) is 0.156. The number of carbonyl (C=O) groups is 2. The molecule has 1 saturated heterocycles. The number of nitrogens with zero attached hydrogens (tertiary/aromatic N) is 5. The maximum atomic E-state index is 13.4. The summed E-state index contributed by atoms with van der Waals surface area (Å²) in [4.78, 5) is 36.9. The van der Waals surface area contributed by atoms with Gasteiger partial charge >= 0.3 is 0 Å². The molecule has 0 radical (unpaired) electrons. The zero-order valence-electron chi connectivity index (χ0n) is 21.4. The van der Waals surface area contributed by atoms with Gasteiger partial charge in [-0.2, -0.15) is 0 Å². The zero-order valence-corrected chi connectivity index (χ0v) is 21.4. The van der Waals surface area contributed by atoms with Gasteiger partial charge in [-0.05, 0) is 49.6 Å². The first-order valence-corrected chi connectivity index (χ1v) is 12.4. The minimum Gasteiger partial charge on any atom is -0.505 e. The summed E-state index contributed by atoms with van der Waals surface area (Å²) in [6, 6.07) is 10.2. The number of fused-ring (bicyclic) bond motifs is 1. The van der Waals surface area contributed by atoms with E-state index in [1.54, 1.807) is 30.7 Å². The molecule has 4 aromatic rings. The minimum atomic E-state index is -0.767. The van der Waals surface area contributed by atoms with E-state index < -0.39 is 17.7 Å². The second-order valence-electron chi connectivity index (χ2n) is 9.25. The summed E-state index contributed by atoms with van der Waals surface area (Å²) in [7, 11) is 0. The number of hydrogen-bond acceptors (Lipinski definition) is 6. The molecule has 1 N–H and O–H groups in total. The number of likely N-dealkylation sites (tertiary alicyclic amines) is 1. The van der Waals surface area contributed by atoms with Crippen LogP contribution in [0.4, 0.5) is 0 Å². The van der Waals surface area contributed by atoms with Gasteiger partial charge in [0.05, 0.1) is 23.6 Å². The van der Waals surface area contributed by atoms with Gasteiger partial charge in [-0.3, -0.25) is 9.59 Å². The number of Topliss-reactive ketones (excluding diaryl/α,β-unsaturated/α-hetero) is 1. The highest BCUT2D eigenvalue weighted by Gasteiger charge is 2.46. The summed E-state index contributed by atoms with van der Waals surface area (Å²) in [6.45, 7) is 8.74. The Morgan fingerprint density at radius 2 is 1.92 bits per heavy atom. The van der Waals surface area contributed by atoms with Crippen LogP contribution in [0.5, 0.6) is 5.75 Å². The Hall–Kier alpha value is -4.66. The molecule has 4 heterocycles. The van der Waals surface area contributed by atoms with Crippen LogP contribution >= 0.6 is 0 Å². The molecule has 9 heteroatoms. The van der Waals surface area contributed by atoms with Crippen LogP contribution < -0.4 is 4.74 Å². The fourth-order valence-electron chi connectivity index (χ4n) is 4.88. The minimum absolute atomic E-state index is 0.0292. The molecule has 1 fully saturated rings. The molecular weight excluding hydrogens is 482 g/mol. The summed E-state index contributed by atoms with van der Waals surface area (Å²) in [5.41, 5.74) is 3.30. The van der Waals surface area contributed by atoms with Crippen molar-refractivity contribution in [3.05, 3.63) is 102 Å². The Morgan fingerprint density at radius 1 is 1.13 bits per heavy atom. The third-order valence-electron chi connectivity index (χ3n) is 6.79. The Labute approximate surface area is 220 Å². The van der Waals surface area contributed by atoms with Crippen molar-refractivity contribution >= 4 is 23.1 Å². The molecule has 1 amide bonds. The Balaban J connectivity index is 1.57. The lowest BCUT2D eigenvalue weighted by atomic mass is 9.96. The number of aliphatic hydroxyl groups excluding tert-OH is 1. The van der Waals surface area contributed by atoms with E-state index in [1.807, 2.05) is 59.5 Å². The molecule has 0 saturated carbocycles. The number of ketones is 1. The van der Waals surface area contributed by atoms with E-state index in [9.17, 15) is 14.7 Å². The van der Waals surface area contributed by atoms with Crippen molar-refractivity contribution in [1.29, 1.82) is 0 Å². The van der Waals surface area contributed by atoms with E-state index in [1.165, 1.54) is 4.90 Å². The van der Waals surface area contributed by atoms with Crippen molar-refractivity contribution in [3.8, 4) is 5.75 Å². The summed E-state index contributed by atoms with van der Waals surface area (Å²) in [6.07, 6.45) is 9.37. The fraction of sp³-hybridized carbons (Fsp3) is 0.241. The monoisotopic (exact) mass is 511 g/mol. The van der Waals surface area contributed by atoms with Crippen LogP contribution in [0.2, 0.25) is 0 Å². The van der Waals surface area contributed by atoms with Crippen LogP contribution in [-0.2, 0) is 16.1 Å². The number of benzene rings is 1. The van der Waals surface area contributed by atoms with Gasteiger partial charge in [0.2, 0.25) is 0 Å². The number of hydrogen-bond donors (Lipinski definition) is 1. The number of imidazole rings is 2. The predicted octanol–water partition coefficient (Wildman–Crippen LogP) is 4.22. The standard InChI is InChI=1S/C29H29N5O4/c1-4-17-38-22-10-8-21(9-11-22)25-23(26(35)24-20(3)33-14-5-7-19(2)28(33)31-24)27(36)29(37)34(25)15-6-13-32-16-12-30-18-32/h4-5,7-12,14,16,18,25,35H,1,6,13,15,17H2,2-3H3. The van der Waals surface area contributed by atoms with Crippen LogP contribution in [-0.4, -0.2) is 53.8 Å². The van der Waals surface area contributed by atoms with Crippen molar-refractivity contribution in [1.82, 2.24) is 23.8 Å². The zero-order chi connectivity index (χ0) is 26.8. The highest BCUT2D eigenvalue weighted by atomic mass is 16.5. The summed E-state index contributed by atoms with van der Waals surface area (Å²) in [5, 5.41) is 11.5. The second kappa shape index (κ2) is 10.4. The van der Waals surface area contributed by atoms with Gasteiger partial charge in [-0.1, -0.05) is 30.9 Å². The number of carbonyl (C=O) groups excluding carboxylic acids is 2. The molecule has 5 rings (SSSR count). The number of aliphatic hydroxyl groups is 1. The van der Waals surface area contributed by atoms with Gasteiger partial charge in [0.15, 0.2) is 5.76 Å². The maximum Gasteiger partial charge on any atom is 0.295 e. The second-order valence-corrected chi connectivity index (χ2v) is 9.25. The molecule has 1 aromatic carbocycles. The number of pyridine rings is 1. The molecule has 1 atom stereocenters. The molecule has 3 aromatic heterocycles. The molecule has 1 aliphatic heterocycles. The number of aryl methyl sites for hydroxylation is 3. The van der Waals surface area contributed by atoms with Gasteiger partial charge < -0.3 is 23.7 Å². The van der Waals surface area contributed by atoms with E-state index in [2.05, 4.69) is 16.5 Å². The predicted molar refractivity (Wildman–Crippen MR) is 143 cm³/mol. The Morgan fingerprint density at radius 3 is 2.61 bits per heavy atom. The molecule has 0 bridgehead atoms. The summed E-state index contributed by atoms with van der Waals surface area (Å²) >= 11 is 0. The number of ether oxygens (including phenoxy) is 1. The van der Waals surface area contributed by atoms with Gasteiger partial charge in [0, 0.05) is 31.7 Å². The van der Waals surface area contributed by atoms with E-state index in [-0.39, 0.29) is 17.0 Å². The Kier molecular flexibility index (Phi) is 6.83. The first kappa shape index (κ1) is 25.0. The van der Waals surface area contributed by atoms with Crippen LogP contribution in [0, 0.1) is 13.8 Å². The van der Waals surface area contributed by atoms with Crippen molar-refractivity contribution in [2.45, 2.75) is 32.9 Å². The van der Waals surface area contributed by atoms with Crippen molar-refractivity contribution in [2.24, 2.45) is 0 Å². The number of amides is 1. The van der Waals surface area contributed by atoms with Crippen LogP contribution in [0.3, 0.4) is 0 Å². The lowest BCUT2D eigenvalue weighted by molar-refractivity contribution is -0.139. The van der Waals surface area contributed by atoms with Gasteiger partial charge in [0.1, 0.15) is 23.7 Å². The van der Waals surface area contributed by atoms with E-state index in [4.69, 9.17) is 4.74 Å². The molecule has 0 spiro atoms. The first-order valence-electron chi connectivity index (χ1n) is 12.4. The maximum absolute atomic E-state index is 13.4. The van der Waals surface area contributed by atoms with E-state index >= 15 is 0 Å². The molecule has 1 aliphatic rings. The van der Waals surface area contributed by atoms with Gasteiger partial charge in [0.25, 0.3) is 11.7 Å². The normalized spacial score (nSPS) is 16.9.